The van der Waals surface area contributed by atoms with E-state index in [4.69, 9.17) is 0 Å². The molecule has 4 aromatic rings. The number of amides is 1. The first-order valence-electron chi connectivity index (χ1n) is 10.9. The topological polar surface area (TPSA) is 54.0 Å². The Morgan fingerprint density at radius 2 is 1.74 bits per heavy atom. The van der Waals surface area contributed by atoms with Crippen molar-refractivity contribution in [1.82, 2.24) is 15.6 Å². The molecule has 2 N–H and O–H groups in total. The molecule has 1 aromatic heterocycles. The number of nitrogens with one attached hydrogen (secondary N) is 2. The quantitative estimate of drug-likeness (QED) is 0.320. The minimum Gasteiger partial charge on any atom is -0.358 e. The Hall–Kier alpha value is -3.23. The Balaban J connectivity index is 1.61. The van der Waals surface area contributed by atoms with Crippen molar-refractivity contribution in [3.8, 4) is 0 Å². The van der Waals surface area contributed by atoms with Crippen molar-refractivity contribution < 1.29 is 18.0 Å². The Kier molecular flexibility index (Phi) is 7.29. The average Bonchev–Trinajstić information content (AvgIpc) is 3.32. The van der Waals surface area contributed by atoms with Gasteiger partial charge in [-0.05, 0) is 53.8 Å². The smallest absolute Gasteiger partial charge is 0.358 e. The molecular weight excluding hydrogens is 459 g/mol. The van der Waals surface area contributed by atoms with Crippen LogP contribution in [-0.2, 0) is 17.4 Å². The Labute approximate surface area is 199 Å². The second-order valence-electron chi connectivity index (χ2n) is 7.99. The molecule has 0 spiro atoms. The van der Waals surface area contributed by atoms with E-state index in [2.05, 4.69) is 21.7 Å². The van der Waals surface area contributed by atoms with E-state index in [1.807, 2.05) is 42.5 Å². The van der Waals surface area contributed by atoms with Crippen molar-refractivity contribution >= 4 is 27.5 Å². The summed E-state index contributed by atoms with van der Waals surface area (Å²) >= 11 is 1.54. The normalized spacial score (nSPS) is 13.5. The van der Waals surface area contributed by atoms with Crippen LogP contribution < -0.4 is 10.6 Å². The molecule has 34 heavy (non-hydrogen) atoms. The van der Waals surface area contributed by atoms with Gasteiger partial charge in [0.1, 0.15) is 6.04 Å². The summed E-state index contributed by atoms with van der Waals surface area (Å²) in [5.41, 5.74) is 4.66. The van der Waals surface area contributed by atoms with Crippen molar-refractivity contribution in [1.29, 1.82) is 0 Å². The predicted molar refractivity (Wildman–Crippen MR) is 129 cm³/mol. The summed E-state index contributed by atoms with van der Waals surface area (Å²) < 4.78 is 39.8. The summed E-state index contributed by atoms with van der Waals surface area (Å²) in [6.45, 7) is 0. The minimum absolute atomic E-state index is 0.162. The van der Waals surface area contributed by atoms with Crippen LogP contribution in [0.15, 0.2) is 78.3 Å². The highest BCUT2D eigenvalue weighted by atomic mass is 32.1. The highest BCUT2D eigenvalue weighted by molar-refractivity contribution is 7.16. The zero-order valence-electron chi connectivity index (χ0n) is 18.5. The van der Waals surface area contributed by atoms with Gasteiger partial charge in [0.05, 0.1) is 21.3 Å². The lowest BCUT2D eigenvalue weighted by Gasteiger charge is -2.26. The summed E-state index contributed by atoms with van der Waals surface area (Å²) in [7, 11) is 1.60. The predicted octanol–water partition coefficient (Wildman–Crippen LogP) is 6.07. The Bertz CT molecular complexity index is 1240. The van der Waals surface area contributed by atoms with Crippen molar-refractivity contribution in [3.63, 3.8) is 0 Å². The van der Waals surface area contributed by atoms with Gasteiger partial charge in [-0.3, -0.25) is 10.1 Å². The third-order valence-electron chi connectivity index (χ3n) is 5.77. The standard InChI is InChI=1S/C26H24F3N3OS/c1-30-25(33)24(18-5-3-2-4-6-18)32-21(19-10-14-22-23(15-19)34-16-31-22)13-9-17-7-11-20(12-8-17)26(27,28)29/h2-8,10-12,14-16,21,24,32H,9,13H2,1H3,(H,30,33)/t21-,24+/m0/s1. The largest absolute Gasteiger partial charge is 0.416 e. The number of nitrogens with zero attached hydrogens (tertiary/aromatic N) is 1. The molecule has 0 saturated carbocycles. The maximum absolute atomic E-state index is 12.9. The molecule has 0 radical (unpaired) electrons. The number of benzene rings is 3. The van der Waals surface area contributed by atoms with Gasteiger partial charge in [-0.1, -0.05) is 48.5 Å². The molecule has 0 aliphatic rings. The number of likely N-dealkylation sites (N-methyl/N-ethyl adjacent to an activating group) is 1. The van der Waals surface area contributed by atoms with Crippen LogP contribution in [0.5, 0.6) is 0 Å². The van der Waals surface area contributed by atoms with Crippen LogP contribution in [0.2, 0.25) is 0 Å². The van der Waals surface area contributed by atoms with Crippen molar-refractivity contribution in [3.05, 3.63) is 101 Å². The number of carbonyl (C=O) groups is 1. The first-order chi connectivity index (χ1) is 16.3. The molecule has 1 amide bonds. The monoisotopic (exact) mass is 483 g/mol. The second kappa shape index (κ2) is 10.4. The number of aryl methyl sites for hydroxylation is 1. The maximum atomic E-state index is 12.9. The van der Waals surface area contributed by atoms with Crippen molar-refractivity contribution in [2.45, 2.75) is 31.1 Å². The number of hydrogen-bond donors (Lipinski definition) is 2. The van der Waals surface area contributed by atoms with E-state index >= 15 is 0 Å². The molecule has 176 valence electrons. The van der Waals surface area contributed by atoms with Crippen LogP contribution >= 0.6 is 11.3 Å². The highest BCUT2D eigenvalue weighted by Gasteiger charge is 2.30. The van der Waals surface area contributed by atoms with Gasteiger partial charge in [0, 0.05) is 13.1 Å². The first-order valence-corrected chi connectivity index (χ1v) is 11.7. The zero-order valence-corrected chi connectivity index (χ0v) is 19.3. The van der Waals surface area contributed by atoms with Crippen LogP contribution in [0.3, 0.4) is 0 Å². The van der Waals surface area contributed by atoms with E-state index in [0.29, 0.717) is 12.8 Å². The lowest BCUT2D eigenvalue weighted by Crippen LogP contribution is -2.38. The molecule has 0 bridgehead atoms. The number of halogens is 3. The number of thiazole rings is 1. The summed E-state index contributed by atoms with van der Waals surface area (Å²) in [5.74, 6) is -0.162. The van der Waals surface area contributed by atoms with Gasteiger partial charge in [0.15, 0.2) is 0 Å². The van der Waals surface area contributed by atoms with Gasteiger partial charge < -0.3 is 5.32 Å². The van der Waals surface area contributed by atoms with Gasteiger partial charge in [-0.15, -0.1) is 11.3 Å². The summed E-state index contributed by atoms with van der Waals surface area (Å²) in [6.07, 6.45) is -3.22. The molecule has 4 nitrogen and oxygen atoms in total. The van der Waals surface area contributed by atoms with Crippen LogP contribution in [0, 0.1) is 0 Å². The van der Waals surface area contributed by atoms with Gasteiger partial charge in [-0.25, -0.2) is 4.98 Å². The van der Waals surface area contributed by atoms with Crippen LogP contribution in [0.1, 0.15) is 40.8 Å². The fourth-order valence-corrected chi connectivity index (χ4v) is 4.65. The summed E-state index contributed by atoms with van der Waals surface area (Å²) in [6, 6.07) is 19.9. The molecule has 0 unspecified atom stereocenters. The molecule has 8 heteroatoms. The van der Waals surface area contributed by atoms with Crippen molar-refractivity contribution in [2.75, 3.05) is 7.05 Å². The number of hydrogen-bond acceptors (Lipinski definition) is 4. The second-order valence-corrected chi connectivity index (χ2v) is 8.88. The molecule has 0 aliphatic heterocycles. The van der Waals surface area contributed by atoms with Crippen LogP contribution in [0.25, 0.3) is 10.2 Å². The molecule has 3 aromatic carbocycles. The van der Waals surface area contributed by atoms with E-state index in [1.165, 1.54) is 23.5 Å². The van der Waals surface area contributed by atoms with Crippen molar-refractivity contribution in [2.24, 2.45) is 0 Å². The zero-order chi connectivity index (χ0) is 24.1. The molecule has 2 atom stereocenters. The summed E-state index contributed by atoms with van der Waals surface area (Å²) in [5, 5.41) is 6.22. The van der Waals surface area contributed by atoms with E-state index in [0.717, 1.165) is 39.0 Å². The summed E-state index contributed by atoms with van der Waals surface area (Å²) in [4.78, 5) is 17.1. The Morgan fingerprint density at radius 1 is 1.00 bits per heavy atom. The number of aromatic nitrogens is 1. The third kappa shape index (κ3) is 5.63. The molecule has 4 rings (SSSR count). The number of alkyl halides is 3. The van der Waals surface area contributed by atoms with E-state index in [9.17, 15) is 18.0 Å². The maximum Gasteiger partial charge on any atom is 0.416 e. The molecule has 0 aliphatic carbocycles. The van der Waals surface area contributed by atoms with Gasteiger partial charge in [0.25, 0.3) is 0 Å². The van der Waals surface area contributed by atoms with E-state index in [-0.39, 0.29) is 11.9 Å². The van der Waals surface area contributed by atoms with E-state index < -0.39 is 17.8 Å². The first kappa shape index (κ1) is 23.9. The number of rotatable bonds is 8. The lowest BCUT2D eigenvalue weighted by molar-refractivity contribution is -0.137. The average molecular weight is 484 g/mol. The molecular formula is C26H24F3N3OS. The molecule has 0 fully saturated rings. The minimum atomic E-state index is -4.36. The van der Waals surface area contributed by atoms with Gasteiger partial charge >= 0.3 is 6.18 Å². The fourth-order valence-electron chi connectivity index (χ4n) is 3.92. The van der Waals surface area contributed by atoms with Crippen LogP contribution in [0.4, 0.5) is 13.2 Å². The van der Waals surface area contributed by atoms with Gasteiger partial charge in [0.2, 0.25) is 5.91 Å². The number of fused-ring (bicyclic) bond motifs is 1. The molecule has 0 saturated heterocycles. The SMILES string of the molecule is CNC(=O)[C@H](N[C@@H](CCc1ccc(C(F)(F)F)cc1)c1ccc2ncsc2c1)c1ccccc1. The molecule has 1 heterocycles. The fraction of sp³-hybridized carbons (Fsp3) is 0.231. The van der Waals surface area contributed by atoms with Crippen LogP contribution in [-0.4, -0.2) is 17.9 Å². The lowest BCUT2D eigenvalue weighted by atomic mass is 9.96. The number of carbonyl (C=O) groups excluding carboxylic acids is 1. The van der Waals surface area contributed by atoms with E-state index in [1.54, 1.807) is 12.6 Å². The Morgan fingerprint density at radius 3 is 2.41 bits per heavy atom. The third-order valence-corrected chi connectivity index (χ3v) is 6.56. The highest BCUT2D eigenvalue weighted by Crippen LogP contribution is 2.31. The van der Waals surface area contributed by atoms with Gasteiger partial charge in [-0.2, -0.15) is 13.2 Å².